The minimum absolute atomic E-state index is 0.198. The number of aryl methyl sites for hydroxylation is 1. The van der Waals surface area contributed by atoms with E-state index in [9.17, 15) is 9.59 Å². The Kier molecular flexibility index (Phi) is 4.34. The highest BCUT2D eigenvalue weighted by atomic mass is 16.7. The molecule has 138 valence electrons. The Morgan fingerprint density at radius 2 is 2.19 bits per heavy atom. The van der Waals surface area contributed by atoms with Crippen LogP contribution in [0.4, 0.5) is 0 Å². The first-order valence-corrected chi connectivity index (χ1v) is 9.12. The first-order valence-electron chi connectivity index (χ1n) is 9.12. The van der Waals surface area contributed by atoms with Crippen molar-refractivity contribution in [3.8, 4) is 0 Å². The lowest BCUT2D eigenvalue weighted by molar-refractivity contribution is -0.131. The molecule has 1 aromatic heterocycles. The van der Waals surface area contributed by atoms with Gasteiger partial charge < -0.3 is 15.1 Å². The molecule has 1 saturated heterocycles. The minimum Gasteiger partial charge on any atom is -0.386 e. The van der Waals surface area contributed by atoms with E-state index in [1.54, 1.807) is 12.4 Å². The van der Waals surface area contributed by atoms with Crippen molar-refractivity contribution in [3.63, 3.8) is 0 Å². The number of nitrogens with one attached hydrogen (secondary N) is 1. The summed E-state index contributed by atoms with van der Waals surface area (Å²) in [5.74, 6) is 0.516. The van der Waals surface area contributed by atoms with Crippen molar-refractivity contribution in [2.75, 3.05) is 13.1 Å². The van der Waals surface area contributed by atoms with Gasteiger partial charge in [-0.05, 0) is 25.7 Å². The van der Waals surface area contributed by atoms with Crippen LogP contribution >= 0.6 is 0 Å². The van der Waals surface area contributed by atoms with E-state index in [1.165, 1.54) is 12.8 Å². The smallest absolute Gasteiger partial charge is 0.269 e. The number of aromatic nitrogens is 2. The Morgan fingerprint density at radius 1 is 1.35 bits per heavy atom. The standard InChI is InChI=1S/C18H23N5O3/c1-12-8-20-14(9-19-12)10-21-17(25)15-7-18(26-22-15)4-5-23(11-18)16(24)6-13-2-3-13/h8-9,13H,2-7,10-11H2,1H3,(H,21,25)/t18-/m1/s1. The van der Waals surface area contributed by atoms with Gasteiger partial charge in [0.15, 0.2) is 5.60 Å². The zero-order valence-electron chi connectivity index (χ0n) is 14.9. The first-order chi connectivity index (χ1) is 12.5. The van der Waals surface area contributed by atoms with Gasteiger partial charge in [0, 0.05) is 32.0 Å². The summed E-state index contributed by atoms with van der Waals surface area (Å²) in [6.07, 6.45) is 7.43. The Balaban J connectivity index is 1.28. The number of hydrogen-bond acceptors (Lipinski definition) is 6. The zero-order chi connectivity index (χ0) is 18.1. The van der Waals surface area contributed by atoms with Gasteiger partial charge in [-0.3, -0.25) is 19.6 Å². The maximum Gasteiger partial charge on any atom is 0.269 e. The van der Waals surface area contributed by atoms with Crippen molar-refractivity contribution in [3.05, 3.63) is 23.8 Å². The molecule has 1 aromatic rings. The number of amides is 2. The number of hydrogen-bond donors (Lipinski definition) is 1. The molecule has 1 saturated carbocycles. The van der Waals surface area contributed by atoms with Crippen LogP contribution in [0.1, 0.15) is 43.5 Å². The second kappa shape index (κ2) is 6.66. The molecule has 2 fully saturated rings. The van der Waals surface area contributed by atoms with E-state index < -0.39 is 5.60 Å². The van der Waals surface area contributed by atoms with Crippen molar-refractivity contribution in [1.29, 1.82) is 0 Å². The molecule has 1 atom stereocenters. The summed E-state index contributed by atoms with van der Waals surface area (Å²) in [5, 5.41) is 6.80. The topological polar surface area (TPSA) is 96.8 Å². The highest BCUT2D eigenvalue weighted by Gasteiger charge is 2.48. The van der Waals surface area contributed by atoms with Crippen molar-refractivity contribution >= 4 is 17.5 Å². The van der Waals surface area contributed by atoms with Gasteiger partial charge >= 0.3 is 0 Å². The van der Waals surface area contributed by atoms with Gasteiger partial charge in [-0.15, -0.1) is 0 Å². The molecule has 8 nitrogen and oxygen atoms in total. The predicted molar refractivity (Wildman–Crippen MR) is 93.0 cm³/mol. The fourth-order valence-corrected chi connectivity index (χ4v) is 3.40. The molecule has 1 aliphatic carbocycles. The predicted octanol–water partition coefficient (Wildman–Crippen LogP) is 0.949. The summed E-state index contributed by atoms with van der Waals surface area (Å²) in [6, 6.07) is 0. The van der Waals surface area contributed by atoms with Crippen LogP contribution in [0.15, 0.2) is 17.5 Å². The van der Waals surface area contributed by atoms with E-state index in [-0.39, 0.29) is 11.8 Å². The van der Waals surface area contributed by atoms with Crippen LogP contribution in [0.25, 0.3) is 0 Å². The highest BCUT2D eigenvalue weighted by molar-refractivity contribution is 6.39. The normalized spacial score (nSPS) is 24.5. The van der Waals surface area contributed by atoms with Crippen LogP contribution in [0, 0.1) is 12.8 Å². The molecule has 3 aliphatic rings. The monoisotopic (exact) mass is 357 g/mol. The lowest BCUT2D eigenvalue weighted by Crippen LogP contribution is -2.38. The molecule has 0 aromatic carbocycles. The van der Waals surface area contributed by atoms with Gasteiger partial charge in [0.1, 0.15) is 5.71 Å². The summed E-state index contributed by atoms with van der Waals surface area (Å²) >= 11 is 0. The summed E-state index contributed by atoms with van der Waals surface area (Å²) in [5.41, 5.74) is 1.37. The van der Waals surface area contributed by atoms with Crippen LogP contribution in [-0.4, -0.2) is 51.1 Å². The zero-order valence-corrected chi connectivity index (χ0v) is 14.9. The van der Waals surface area contributed by atoms with Crippen molar-refractivity contribution < 1.29 is 14.4 Å². The molecule has 1 spiro atoms. The summed E-state index contributed by atoms with van der Waals surface area (Å²) in [4.78, 5) is 40.5. The lowest BCUT2D eigenvalue weighted by Gasteiger charge is -2.21. The average molecular weight is 357 g/mol. The van der Waals surface area contributed by atoms with Crippen LogP contribution in [0.2, 0.25) is 0 Å². The highest BCUT2D eigenvalue weighted by Crippen LogP contribution is 2.37. The molecular formula is C18H23N5O3. The quantitative estimate of drug-likeness (QED) is 0.846. The molecule has 26 heavy (non-hydrogen) atoms. The largest absolute Gasteiger partial charge is 0.386 e. The molecule has 0 unspecified atom stereocenters. The average Bonchev–Trinajstić information content (AvgIpc) is 3.20. The number of likely N-dealkylation sites (tertiary alicyclic amines) is 1. The summed E-state index contributed by atoms with van der Waals surface area (Å²) in [7, 11) is 0. The Morgan fingerprint density at radius 3 is 2.92 bits per heavy atom. The van der Waals surface area contributed by atoms with E-state index in [0.29, 0.717) is 56.2 Å². The summed E-state index contributed by atoms with van der Waals surface area (Å²) in [6.45, 7) is 3.35. The van der Waals surface area contributed by atoms with Gasteiger partial charge in [-0.25, -0.2) is 0 Å². The van der Waals surface area contributed by atoms with E-state index in [2.05, 4.69) is 20.4 Å². The van der Waals surface area contributed by atoms with Gasteiger partial charge in [-0.2, -0.15) is 0 Å². The van der Waals surface area contributed by atoms with Crippen LogP contribution in [0.5, 0.6) is 0 Å². The van der Waals surface area contributed by atoms with Gasteiger partial charge in [-0.1, -0.05) is 5.16 Å². The molecule has 1 N–H and O–H groups in total. The number of rotatable bonds is 5. The molecule has 0 radical (unpaired) electrons. The maximum atomic E-state index is 12.3. The van der Waals surface area contributed by atoms with E-state index in [1.807, 2.05) is 11.8 Å². The fourth-order valence-electron chi connectivity index (χ4n) is 3.40. The molecule has 4 rings (SSSR count). The van der Waals surface area contributed by atoms with Crippen LogP contribution in [-0.2, 0) is 21.0 Å². The van der Waals surface area contributed by atoms with Crippen molar-refractivity contribution in [2.24, 2.45) is 11.1 Å². The van der Waals surface area contributed by atoms with Crippen LogP contribution < -0.4 is 5.32 Å². The Bertz CT molecular complexity index is 744. The van der Waals surface area contributed by atoms with E-state index in [0.717, 1.165) is 5.69 Å². The maximum absolute atomic E-state index is 12.3. The first kappa shape index (κ1) is 16.9. The number of carbonyl (C=O) groups excluding carboxylic acids is 2. The number of carbonyl (C=O) groups is 2. The van der Waals surface area contributed by atoms with Gasteiger partial charge in [0.25, 0.3) is 5.91 Å². The fraction of sp³-hybridized carbons (Fsp3) is 0.611. The van der Waals surface area contributed by atoms with Crippen molar-refractivity contribution in [1.82, 2.24) is 20.2 Å². The third-order valence-corrected chi connectivity index (χ3v) is 5.19. The van der Waals surface area contributed by atoms with E-state index in [4.69, 9.17) is 4.84 Å². The molecular weight excluding hydrogens is 334 g/mol. The Hall–Kier alpha value is -2.51. The van der Waals surface area contributed by atoms with Crippen molar-refractivity contribution in [2.45, 2.75) is 51.2 Å². The van der Waals surface area contributed by atoms with Gasteiger partial charge in [0.05, 0.1) is 30.7 Å². The second-order valence-corrected chi connectivity index (χ2v) is 7.53. The third-order valence-electron chi connectivity index (χ3n) is 5.19. The SMILES string of the molecule is Cc1cnc(CNC(=O)C2=NO[C@]3(CCN(C(=O)CC4CC4)C3)C2)cn1. The van der Waals surface area contributed by atoms with Gasteiger partial charge in [0.2, 0.25) is 5.91 Å². The lowest BCUT2D eigenvalue weighted by atomic mass is 9.96. The minimum atomic E-state index is -0.532. The molecule has 2 aliphatic heterocycles. The van der Waals surface area contributed by atoms with E-state index >= 15 is 0 Å². The third kappa shape index (κ3) is 3.68. The molecule has 8 heteroatoms. The Labute approximate surface area is 152 Å². The summed E-state index contributed by atoms with van der Waals surface area (Å²) < 4.78 is 0. The second-order valence-electron chi connectivity index (χ2n) is 7.53. The van der Waals surface area contributed by atoms with Crippen LogP contribution in [0.3, 0.4) is 0 Å². The number of oxime groups is 1. The molecule has 2 amide bonds. The molecule has 0 bridgehead atoms. The number of nitrogens with zero attached hydrogens (tertiary/aromatic N) is 4. The molecule has 3 heterocycles.